The number of hydrogen-bond acceptors (Lipinski definition) is 9. The molecular formula is C21H24N4O8. The van der Waals surface area contributed by atoms with Crippen molar-refractivity contribution in [2.75, 3.05) is 6.61 Å². The van der Waals surface area contributed by atoms with Gasteiger partial charge in [0, 0.05) is 11.3 Å². The Balaban J connectivity index is 2.23. The Morgan fingerprint density at radius 2 is 2.03 bits per heavy atom. The van der Waals surface area contributed by atoms with E-state index in [-0.39, 0.29) is 16.8 Å². The highest BCUT2D eigenvalue weighted by molar-refractivity contribution is 5.86. The zero-order valence-electron chi connectivity index (χ0n) is 17.8. The summed E-state index contributed by atoms with van der Waals surface area (Å²) in [6.07, 6.45) is -3.87. The number of rotatable bonds is 7. The number of carbonyl (C=O) groups excluding carboxylic acids is 1. The Morgan fingerprint density at radius 3 is 2.61 bits per heavy atom. The number of phenolic OH excluding ortho intramolecular Hbond substituents is 1. The fourth-order valence-corrected chi connectivity index (χ4v) is 3.58. The minimum Gasteiger partial charge on any atom is -0.508 e. The van der Waals surface area contributed by atoms with Gasteiger partial charge in [0.25, 0.3) is 0 Å². The minimum absolute atomic E-state index is 0.0338. The summed E-state index contributed by atoms with van der Waals surface area (Å²) in [5.74, 6) is -3.17. The molecule has 0 bridgehead atoms. The molecule has 1 aromatic carbocycles. The highest BCUT2D eigenvalue weighted by Crippen LogP contribution is 2.33. The van der Waals surface area contributed by atoms with E-state index >= 15 is 0 Å². The molecule has 1 aliphatic rings. The molecule has 176 valence electrons. The van der Waals surface area contributed by atoms with Crippen molar-refractivity contribution in [3.63, 3.8) is 0 Å². The van der Waals surface area contributed by atoms with E-state index in [1.807, 2.05) is 6.07 Å². The normalized spacial score (nSPS) is 22.2. The van der Waals surface area contributed by atoms with E-state index < -0.39 is 60.6 Å². The van der Waals surface area contributed by atoms with Crippen LogP contribution < -0.4 is 5.32 Å². The predicted molar refractivity (Wildman–Crippen MR) is 112 cm³/mol. The number of ether oxygens (including phenoxy) is 1. The maximum Gasteiger partial charge on any atom is 0.370 e. The first-order valence-corrected chi connectivity index (χ1v) is 10.1. The molecular weight excluding hydrogens is 436 g/mol. The van der Waals surface area contributed by atoms with E-state index in [1.165, 1.54) is 22.9 Å². The van der Waals surface area contributed by atoms with Gasteiger partial charge in [-0.3, -0.25) is 4.79 Å². The van der Waals surface area contributed by atoms with E-state index in [0.717, 1.165) is 6.08 Å². The summed E-state index contributed by atoms with van der Waals surface area (Å²) < 4.78 is 6.58. The van der Waals surface area contributed by atoms with Gasteiger partial charge in [0.05, 0.1) is 24.2 Å². The summed E-state index contributed by atoms with van der Waals surface area (Å²) in [5, 5.41) is 66.4. The van der Waals surface area contributed by atoms with Crippen LogP contribution in [0.3, 0.4) is 0 Å². The number of aliphatic hydroxyl groups is 3. The van der Waals surface area contributed by atoms with E-state index in [0.29, 0.717) is 5.52 Å². The molecule has 0 spiro atoms. The molecule has 2 aromatic rings. The Morgan fingerprint density at radius 1 is 1.33 bits per heavy atom. The van der Waals surface area contributed by atoms with Crippen LogP contribution in [0, 0.1) is 17.2 Å². The number of aliphatic carboxylic acids is 1. The number of carbonyl (C=O) groups is 2. The molecule has 0 saturated carbocycles. The summed E-state index contributed by atoms with van der Waals surface area (Å²) >= 11 is 0. The standard InChI is InChI=1S/C21H24N4O8/c1-9(2)20(30)23-17-13(6-16(21(31)32)33-19(17)18(29)15(28)8-26)25-14(7-22)11-5-10(27)3-4-12(11)24-25/h3-6,9,13,15,17-19,26-29H,8H2,1-2H3,(H,23,30)(H,31,32)/t13-,15+,17+,18+,19+/m0/s1. The Hall–Kier alpha value is -3.66. The van der Waals surface area contributed by atoms with Crippen molar-refractivity contribution < 1.29 is 39.9 Å². The fourth-order valence-electron chi connectivity index (χ4n) is 3.58. The van der Waals surface area contributed by atoms with Crippen molar-refractivity contribution in [1.82, 2.24) is 15.1 Å². The summed E-state index contributed by atoms with van der Waals surface area (Å²) in [7, 11) is 0. The lowest BCUT2D eigenvalue weighted by Gasteiger charge is -2.40. The SMILES string of the molecule is CC(C)C(=O)N[C@H]1[C@H]([C@H](O)[C@H](O)CO)OC(C(=O)O)=C[C@@H]1n1nc2ccc(O)cc2c1C#N. The summed E-state index contributed by atoms with van der Waals surface area (Å²) in [5.41, 5.74) is 0.288. The Labute approximate surface area is 187 Å². The largest absolute Gasteiger partial charge is 0.508 e. The fraction of sp³-hybridized carbons (Fsp3) is 0.429. The quantitative estimate of drug-likeness (QED) is 0.309. The van der Waals surface area contributed by atoms with Crippen LogP contribution in [0.2, 0.25) is 0 Å². The highest BCUT2D eigenvalue weighted by Gasteiger charge is 2.45. The van der Waals surface area contributed by atoms with E-state index in [9.17, 15) is 40.4 Å². The first kappa shape index (κ1) is 24.0. The zero-order valence-corrected chi connectivity index (χ0v) is 17.8. The molecule has 0 unspecified atom stereocenters. The summed E-state index contributed by atoms with van der Waals surface area (Å²) in [4.78, 5) is 24.3. The van der Waals surface area contributed by atoms with Gasteiger partial charge in [-0.15, -0.1) is 0 Å². The van der Waals surface area contributed by atoms with E-state index in [4.69, 9.17) is 4.74 Å². The molecule has 6 N–H and O–H groups in total. The van der Waals surface area contributed by atoms with Crippen molar-refractivity contribution in [1.29, 1.82) is 5.26 Å². The van der Waals surface area contributed by atoms with Crippen molar-refractivity contribution in [2.24, 2.45) is 5.92 Å². The molecule has 5 atom stereocenters. The molecule has 0 radical (unpaired) electrons. The second-order valence-electron chi connectivity index (χ2n) is 7.95. The number of aromatic hydroxyl groups is 1. The number of nitrogens with zero attached hydrogens (tertiary/aromatic N) is 3. The van der Waals surface area contributed by atoms with Gasteiger partial charge in [-0.25, -0.2) is 9.48 Å². The number of carboxylic acid groups (broad SMARTS) is 1. The van der Waals surface area contributed by atoms with Crippen molar-refractivity contribution in [2.45, 2.75) is 44.2 Å². The number of fused-ring (bicyclic) bond motifs is 1. The molecule has 33 heavy (non-hydrogen) atoms. The third-order valence-corrected chi connectivity index (χ3v) is 5.34. The van der Waals surface area contributed by atoms with Crippen LogP contribution in [0.5, 0.6) is 5.75 Å². The van der Waals surface area contributed by atoms with Crippen molar-refractivity contribution >= 4 is 22.8 Å². The average Bonchev–Trinajstić information content (AvgIpc) is 3.15. The monoisotopic (exact) mass is 460 g/mol. The zero-order chi connectivity index (χ0) is 24.4. The van der Waals surface area contributed by atoms with Gasteiger partial charge in [0.15, 0.2) is 0 Å². The molecule has 1 amide bonds. The second kappa shape index (κ2) is 9.45. The Kier molecular flexibility index (Phi) is 6.87. The minimum atomic E-state index is -1.79. The van der Waals surface area contributed by atoms with E-state index in [2.05, 4.69) is 10.4 Å². The molecule has 0 saturated heterocycles. The third-order valence-electron chi connectivity index (χ3n) is 5.34. The van der Waals surface area contributed by atoms with Gasteiger partial charge in [-0.1, -0.05) is 13.8 Å². The van der Waals surface area contributed by atoms with Crippen LogP contribution in [0.25, 0.3) is 10.9 Å². The maximum absolute atomic E-state index is 12.6. The molecule has 1 aromatic heterocycles. The predicted octanol–water partition coefficient (Wildman–Crippen LogP) is -0.623. The lowest BCUT2D eigenvalue weighted by molar-refractivity contribution is -0.147. The van der Waals surface area contributed by atoms with Gasteiger partial charge in [-0.05, 0) is 24.3 Å². The number of nitrogens with one attached hydrogen (secondary N) is 1. The molecule has 2 heterocycles. The third kappa shape index (κ3) is 4.61. The summed E-state index contributed by atoms with van der Waals surface area (Å²) in [6.45, 7) is 2.38. The number of aromatic nitrogens is 2. The van der Waals surface area contributed by atoms with Crippen molar-refractivity contribution in [3.8, 4) is 11.8 Å². The van der Waals surface area contributed by atoms with Crippen LogP contribution in [0.15, 0.2) is 30.0 Å². The number of nitriles is 1. The molecule has 0 aliphatic carbocycles. The van der Waals surface area contributed by atoms with Crippen LogP contribution in [-0.4, -0.2) is 78.2 Å². The number of phenols is 1. The smallest absolute Gasteiger partial charge is 0.370 e. The van der Waals surface area contributed by atoms with Gasteiger partial charge in [0.1, 0.15) is 35.8 Å². The average molecular weight is 460 g/mol. The van der Waals surface area contributed by atoms with Gasteiger partial charge < -0.3 is 35.6 Å². The number of hydrogen-bond donors (Lipinski definition) is 6. The van der Waals surface area contributed by atoms with Gasteiger partial charge >= 0.3 is 5.97 Å². The second-order valence-corrected chi connectivity index (χ2v) is 7.95. The lowest BCUT2D eigenvalue weighted by Crippen LogP contribution is -2.59. The molecule has 1 aliphatic heterocycles. The lowest BCUT2D eigenvalue weighted by atomic mass is 9.91. The number of benzene rings is 1. The number of carboxylic acids is 1. The van der Waals surface area contributed by atoms with Crippen LogP contribution in [-0.2, 0) is 14.3 Å². The highest BCUT2D eigenvalue weighted by atomic mass is 16.5. The first-order valence-electron chi connectivity index (χ1n) is 10.1. The first-order chi connectivity index (χ1) is 15.6. The van der Waals surface area contributed by atoms with Gasteiger partial charge in [-0.2, -0.15) is 10.4 Å². The van der Waals surface area contributed by atoms with Gasteiger partial charge in [0.2, 0.25) is 11.7 Å². The van der Waals surface area contributed by atoms with Crippen LogP contribution in [0.4, 0.5) is 0 Å². The number of amides is 1. The van der Waals surface area contributed by atoms with Crippen LogP contribution in [0.1, 0.15) is 25.6 Å². The summed E-state index contributed by atoms with van der Waals surface area (Å²) in [6, 6.07) is 3.80. The molecule has 12 heteroatoms. The van der Waals surface area contributed by atoms with Crippen LogP contribution >= 0.6 is 0 Å². The maximum atomic E-state index is 12.6. The van der Waals surface area contributed by atoms with E-state index in [1.54, 1.807) is 13.8 Å². The molecule has 0 fully saturated rings. The van der Waals surface area contributed by atoms with Crippen molar-refractivity contribution in [3.05, 3.63) is 35.7 Å². The Bertz CT molecular complexity index is 1140. The number of aliphatic hydroxyl groups excluding tert-OH is 3. The molecule has 3 rings (SSSR count). The topological polar surface area (TPSA) is 198 Å². The molecule has 12 nitrogen and oxygen atoms in total.